The summed E-state index contributed by atoms with van der Waals surface area (Å²) in [4.78, 5) is 2.63. The topological polar surface area (TPSA) is 15.3 Å². The number of rotatable bonds is 3. The Labute approximate surface area is 128 Å². The summed E-state index contributed by atoms with van der Waals surface area (Å²) >= 11 is 0. The molecule has 3 rings (SSSR count). The molecule has 1 saturated carbocycles. The minimum absolute atomic E-state index is 0. The highest BCUT2D eigenvalue weighted by Crippen LogP contribution is 2.38. The van der Waals surface area contributed by atoms with Crippen molar-refractivity contribution in [1.29, 1.82) is 0 Å². The lowest BCUT2D eigenvalue weighted by atomic mass is 9.98. The third kappa shape index (κ3) is 3.63. The maximum atomic E-state index is 3.49. The highest BCUT2D eigenvalue weighted by atomic mass is 35.5. The molecule has 1 aromatic rings. The number of likely N-dealkylation sites (tertiary alicyclic amines) is 1. The summed E-state index contributed by atoms with van der Waals surface area (Å²) in [6.07, 6.45) is 2.80. The monoisotopic (exact) mass is 302 g/mol. The third-order valence-electron chi connectivity index (χ3n) is 4.55. The van der Waals surface area contributed by atoms with E-state index in [2.05, 4.69) is 47.6 Å². The molecule has 19 heavy (non-hydrogen) atoms. The fourth-order valence-corrected chi connectivity index (χ4v) is 3.69. The molecule has 4 heteroatoms. The quantitative estimate of drug-likeness (QED) is 0.923. The average Bonchev–Trinajstić information content (AvgIpc) is 2.89. The molecule has 1 aliphatic carbocycles. The van der Waals surface area contributed by atoms with E-state index in [1.54, 1.807) is 0 Å². The molecule has 2 nitrogen and oxygen atoms in total. The predicted octanol–water partition coefficient (Wildman–Crippen LogP) is 2.96. The number of fused-ring (bicyclic) bond motifs is 1. The van der Waals surface area contributed by atoms with Crippen LogP contribution in [0.15, 0.2) is 30.3 Å². The second-order valence-corrected chi connectivity index (χ2v) is 5.58. The van der Waals surface area contributed by atoms with Gasteiger partial charge in [-0.2, -0.15) is 0 Å². The van der Waals surface area contributed by atoms with E-state index in [1.807, 2.05) is 0 Å². The molecule has 0 bridgehead atoms. The first-order valence-corrected chi connectivity index (χ1v) is 6.80. The standard InChI is InChI=1S/C15H22N2.2ClH/c1-16-15-8-7-13-10-17(11-14(13)15)9-12-5-3-2-4-6-12;;/h2-6,13-16H,7-11H2,1H3;2*1H. The van der Waals surface area contributed by atoms with Crippen LogP contribution in [0.2, 0.25) is 0 Å². The van der Waals surface area contributed by atoms with Crippen LogP contribution in [0.4, 0.5) is 0 Å². The van der Waals surface area contributed by atoms with Gasteiger partial charge in [-0.15, -0.1) is 24.8 Å². The van der Waals surface area contributed by atoms with Crippen molar-refractivity contribution in [2.24, 2.45) is 11.8 Å². The smallest absolute Gasteiger partial charge is 0.0233 e. The van der Waals surface area contributed by atoms with Crippen molar-refractivity contribution in [2.45, 2.75) is 25.4 Å². The molecular formula is C15H24Cl2N2. The van der Waals surface area contributed by atoms with E-state index >= 15 is 0 Å². The summed E-state index contributed by atoms with van der Waals surface area (Å²) in [5, 5.41) is 3.49. The van der Waals surface area contributed by atoms with Gasteiger partial charge in [0.05, 0.1) is 0 Å². The van der Waals surface area contributed by atoms with Gasteiger partial charge in [0, 0.05) is 25.7 Å². The predicted molar refractivity (Wildman–Crippen MR) is 85.3 cm³/mol. The van der Waals surface area contributed by atoms with E-state index in [-0.39, 0.29) is 24.8 Å². The van der Waals surface area contributed by atoms with Crippen LogP contribution >= 0.6 is 24.8 Å². The van der Waals surface area contributed by atoms with Crippen LogP contribution in [-0.4, -0.2) is 31.1 Å². The second-order valence-electron chi connectivity index (χ2n) is 5.58. The summed E-state index contributed by atoms with van der Waals surface area (Å²) in [6, 6.07) is 11.6. The van der Waals surface area contributed by atoms with Gasteiger partial charge in [0.15, 0.2) is 0 Å². The first-order chi connectivity index (χ1) is 8.36. The Morgan fingerprint density at radius 1 is 1.11 bits per heavy atom. The zero-order valence-corrected chi connectivity index (χ0v) is 13.1. The van der Waals surface area contributed by atoms with Crippen LogP contribution in [0.1, 0.15) is 18.4 Å². The van der Waals surface area contributed by atoms with E-state index in [0.717, 1.165) is 24.4 Å². The molecular weight excluding hydrogens is 279 g/mol. The van der Waals surface area contributed by atoms with Crippen molar-refractivity contribution >= 4 is 24.8 Å². The van der Waals surface area contributed by atoms with Gasteiger partial charge < -0.3 is 5.32 Å². The van der Waals surface area contributed by atoms with Gasteiger partial charge in [-0.1, -0.05) is 30.3 Å². The maximum Gasteiger partial charge on any atom is 0.0233 e. The lowest BCUT2D eigenvalue weighted by molar-refractivity contribution is 0.292. The molecule has 1 heterocycles. The maximum absolute atomic E-state index is 3.49. The van der Waals surface area contributed by atoms with Crippen LogP contribution in [0.5, 0.6) is 0 Å². The number of nitrogens with one attached hydrogen (secondary N) is 1. The molecule has 1 aromatic carbocycles. The molecule has 1 saturated heterocycles. The summed E-state index contributed by atoms with van der Waals surface area (Å²) in [6.45, 7) is 3.72. The highest BCUT2D eigenvalue weighted by molar-refractivity contribution is 5.85. The van der Waals surface area contributed by atoms with Crippen LogP contribution in [0.25, 0.3) is 0 Å². The molecule has 0 aromatic heterocycles. The molecule has 1 N–H and O–H groups in total. The van der Waals surface area contributed by atoms with Gasteiger partial charge in [-0.25, -0.2) is 0 Å². The van der Waals surface area contributed by atoms with Crippen LogP contribution in [-0.2, 0) is 6.54 Å². The zero-order chi connectivity index (χ0) is 11.7. The second kappa shape index (κ2) is 7.49. The summed E-state index contributed by atoms with van der Waals surface area (Å²) in [5.74, 6) is 1.83. The Bertz CT molecular complexity index is 372. The van der Waals surface area contributed by atoms with Gasteiger partial charge in [0.2, 0.25) is 0 Å². The van der Waals surface area contributed by atoms with E-state index in [9.17, 15) is 0 Å². The summed E-state index contributed by atoms with van der Waals surface area (Å²) in [7, 11) is 2.12. The molecule has 2 aliphatic rings. The van der Waals surface area contributed by atoms with Crippen LogP contribution in [0.3, 0.4) is 0 Å². The van der Waals surface area contributed by atoms with Gasteiger partial charge in [0.25, 0.3) is 0 Å². The fourth-order valence-electron chi connectivity index (χ4n) is 3.69. The largest absolute Gasteiger partial charge is 0.317 e. The van der Waals surface area contributed by atoms with Crippen molar-refractivity contribution in [3.05, 3.63) is 35.9 Å². The first kappa shape index (κ1) is 16.8. The molecule has 3 atom stereocenters. The summed E-state index contributed by atoms with van der Waals surface area (Å²) in [5.41, 5.74) is 1.45. The minimum atomic E-state index is 0. The normalized spacial score (nSPS) is 29.4. The molecule has 0 radical (unpaired) electrons. The molecule has 1 aliphatic heterocycles. The van der Waals surface area contributed by atoms with Gasteiger partial charge >= 0.3 is 0 Å². The van der Waals surface area contributed by atoms with E-state index in [4.69, 9.17) is 0 Å². The lowest BCUT2D eigenvalue weighted by Crippen LogP contribution is -2.33. The average molecular weight is 303 g/mol. The van der Waals surface area contributed by atoms with E-state index < -0.39 is 0 Å². The Morgan fingerprint density at radius 2 is 1.84 bits per heavy atom. The SMILES string of the molecule is CNC1CCC2CN(Cc3ccccc3)CC21.Cl.Cl. The fraction of sp³-hybridized carbons (Fsp3) is 0.600. The van der Waals surface area contributed by atoms with Gasteiger partial charge in [-0.3, -0.25) is 4.90 Å². The number of hydrogen-bond acceptors (Lipinski definition) is 2. The zero-order valence-electron chi connectivity index (χ0n) is 11.4. The Morgan fingerprint density at radius 3 is 2.53 bits per heavy atom. The molecule has 0 amide bonds. The Balaban J connectivity index is 0.000000902. The van der Waals surface area contributed by atoms with Crippen molar-refractivity contribution in [2.75, 3.05) is 20.1 Å². The lowest BCUT2D eigenvalue weighted by Gasteiger charge is -2.20. The molecule has 2 fully saturated rings. The van der Waals surface area contributed by atoms with Crippen molar-refractivity contribution in [3.63, 3.8) is 0 Å². The van der Waals surface area contributed by atoms with Crippen molar-refractivity contribution < 1.29 is 0 Å². The highest BCUT2D eigenvalue weighted by Gasteiger charge is 2.41. The molecule has 108 valence electrons. The van der Waals surface area contributed by atoms with Crippen LogP contribution in [0, 0.1) is 11.8 Å². The third-order valence-corrected chi connectivity index (χ3v) is 4.55. The first-order valence-electron chi connectivity index (χ1n) is 6.80. The summed E-state index contributed by atoms with van der Waals surface area (Å²) < 4.78 is 0. The van der Waals surface area contributed by atoms with E-state index in [1.165, 1.54) is 31.5 Å². The van der Waals surface area contributed by atoms with E-state index in [0.29, 0.717) is 0 Å². The minimum Gasteiger partial charge on any atom is -0.317 e. The number of benzene rings is 1. The number of hydrogen-bond donors (Lipinski definition) is 1. The van der Waals surface area contributed by atoms with Crippen molar-refractivity contribution in [1.82, 2.24) is 10.2 Å². The Hall–Kier alpha value is -0.280. The molecule has 0 spiro atoms. The van der Waals surface area contributed by atoms with Crippen LogP contribution < -0.4 is 5.32 Å². The Kier molecular flexibility index (Phi) is 6.61. The number of halogens is 2. The van der Waals surface area contributed by atoms with Crippen molar-refractivity contribution in [3.8, 4) is 0 Å². The van der Waals surface area contributed by atoms with Gasteiger partial charge in [0.1, 0.15) is 0 Å². The number of nitrogens with zero attached hydrogens (tertiary/aromatic N) is 1. The van der Waals surface area contributed by atoms with Gasteiger partial charge in [-0.05, 0) is 37.3 Å². The molecule has 3 unspecified atom stereocenters.